The summed E-state index contributed by atoms with van der Waals surface area (Å²) in [7, 11) is 4.00. The van der Waals surface area contributed by atoms with E-state index in [0.29, 0.717) is 25.4 Å². The second-order valence-corrected chi connectivity index (χ2v) is 6.55. The SMILES string of the molecule is CN(C)CCOc1ccc(C2CC(C(=O)O)c3nc(N)nn3C2)cc1. The Bertz CT molecular complexity index is 741. The normalized spacial score (nSPS) is 19.6. The van der Waals surface area contributed by atoms with E-state index in [0.717, 1.165) is 17.9 Å². The molecular formula is C17H23N5O3. The number of likely N-dealkylation sites (N-methyl/N-ethyl adjacent to an activating group) is 1. The molecular weight excluding hydrogens is 322 g/mol. The van der Waals surface area contributed by atoms with Crippen LogP contribution in [0.3, 0.4) is 0 Å². The van der Waals surface area contributed by atoms with Crippen molar-refractivity contribution >= 4 is 11.9 Å². The van der Waals surface area contributed by atoms with Crippen molar-refractivity contribution < 1.29 is 14.6 Å². The van der Waals surface area contributed by atoms with Gasteiger partial charge in [0.1, 0.15) is 24.1 Å². The van der Waals surface area contributed by atoms with Crippen LogP contribution in [0.4, 0.5) is 5.95 Å². The van der Waals surface area contributed by atoms with E-state index in [2.05, 4.69) is 15.0 Å². The van der Waals surface area contributed by atoms with E-state index in [-0.39, 0.29) is 11.9 Å². The smallest absolute Gasteiger partial charge is 0.314 e. The summed E-state index contributed by atoms with van der Waals surface area (Å²) in [6.07, 6.45) is 0.480. The lowest BCUT2D eigenvalue weighted by atomic mass is 9.85. The predicted molar refractivity (Wildman–Crippen MR) is 92.7 cm³/mol. The van der Waals surface area contributed by atoms with E-state index in [1.165, 1.54) is 0 Å². The number of aliphatic carboxylic acids is 1. The molecule has 8 nitrogen and oxygen atoms in total. The summed E-state index contributed by atoms with van der Waals surface area (Å²) < 4.78 is 7.31. The minimum absolute atomic E-state index is 0.0468. The van der Waals surface area contributed by atoms with Crippen molar-refractivity contribution in [3.8, 4) is 5.75 Å². The van der Waals surface area contributed by atoms with Crippen LogP contribution >= 0.6 is 0 Å². The van der Waals surface area contributed by atoms with Gasteiger partial charge < -0.3 is 20.5 Å². The van der Waals surface area contributed by atoms with Gasteiger partial charge in [-0.15, -0.1) is 5.10 Å². The van der Waals surface area contributed by atoms with Crippen molar-refractivity contribution in [2.75, 3.05) is 33.0 Å². The first-order valence-corrected chi connectivity index (χ1v) is 8.24. The molecule has 1 aromatic heterocycles. The number of hydrogen-bond acceptors (Lipinski definition) is 6. The lowest BCUT2D eigenvalue weighted by molar-refractivity contribution is -0.139. The summed E-state index contributed by atoms with van der Waals surface area (Å²) in [6, 6.07) is 7.82. The van der Waals surface area contributed by atoms with E-state index in [4.69, 9.17) is 10.5 Å². The second-order valence-electron chi connectivity index (χ2n) is 6.55. The molecule has 1 aromatic carbocycles. The molecule has 3 N–H and O–H groups in total. The van der Waals surface area contributed by atoms with Crippen molar-refractivity contribution in [2.24, 2.45) is 0 Å². The third-order valence-electron chi connectivity index (χ3n) is 4.40. The van der Waals surface area contributed by atoms with Crippen LogP contribution in [0, 0.1) is 0 Å². The van der Waals surface area contributed by atoms with E-state index < -0.39 is 11.9 Å². The fourth-order valence-corrected chi connectivity index (χ4v) is 3.07. The monoisotopic (exact) mass is 345 g/mol. The number of fused-ring (bicyclic) bond motifs is 1. The maximum Gasteiger partial charge on any atom is 0.314 e. The van der Waals surface area contributed by atoms with Crippen LogP contribution < -0.4 is 10.5 Å². The second kappa shape index (κ2) is 7.10. The van der Waals surface area contributed by atoms with Crippen molar-refractivity contribution in [3.05, 3.63) is 35.7 Å². The molecule has 0 radical (unpaired) electrons. The molecule has 0 fully saturated rings. The maximum atomic E-state index is 11.6. The first kappa shape index (κ1) is 17.2. The summed E-state index contributed by atoms with van der Waals surface area (Å²) in [5.74, 6) is -0.189. The number of carboxylic acid groups (broad SMARTS) is 1. The van der Waals surface area contributed by atoms with Gasteiger partial charge >= 0.3 is 5.97 Å². The quantitative estimate of drug-likeness (QED) is 0.809. The third-order valence-corrected chi connectivity index (χ3v) is 4.40. The van der Waals surface area contributed by atoms with Gasteiger partial charge in [-0.2, -0.15) is 4.98 Å². The highest BCUT2D eigenvalue weighted by molar-refractivity contribution is 5.75. The van der Waals surface area contributed by atoms with Crippen molar-refractivity contribution in [1.82, 2.24) is 19.7 Å². The molecule has 134 valence electrons. The first-order valence-electron chi connectivity index (χ1n) is 8.24. The zero-order valence-electron chi connectivity index (χ0n) is 14.4. The summed E-state index contributed by atoms with van der Waals surface area (Å²) in [4.78, 5) is 17.7. The minimum Gasteiger partial charge on any atom is -0.492 e. The number of nitrogen functional groups attached to an aromatic ring is 1. The number of hydrogen-bond donors (Lipinski definition) is 2. The van der Waals surface area contributed by atoms with Gasteiger partial charge in [-0.25, -0.2) is 4.68 Å². The summed E-state index contributed by atoms with van der Waals surface area (Å²) in [6.45, 7) is 2.05. The molecule has 2 unspecified atom stereocenters. The zero-order valence-corrected chi connectivity index (χ0v) is 14.4. The highest BCUT2D eigenvalue weighted by Gasteiger charge is 2.35. The molecule has 0 spiro atoms. The van der Waals surface area contributed by atoms with Crippen LogP contribution in [0.5, 0.6) is 5.75 Å². The Kier molecular flexibility index (Phi) is 4.89. The molecule has 8 heteroatoms. The van der Waals surface area contributed by atoms with Crippen LogP contribution in [0.1, 0.15) is 29.6 Å². The van der Waals surface area contributed by atoms with Gasteiger partial charge in [0.05, 0.1) is 6.54 Å². The number of anilines is 1. The predicted octanol–water partition coefficient (Wildman–Crippen LogP) is 1.16. The van der Waals surface area contributed by atoms with Gasteiger partial charge in [0, 0.05) is 12.5 Å². The number of benzene rings is 1. The molecule has 1 aliphatic heterocycles. The van der Waals surface area contributed by atoms with Gasteiger partial charge in [0.15, 0.2) is 0 Å². The van der Waals surface area contributed by atoms with Crippen molar-refractivity contribution in [3.63, 3.8) is 0 Å². The Morgan fingerprint density at radius 2 is 2.12 bits per heavy atom. The fraction of sp³-hybridized carbons (Fsp3) is 0.471. The summed E-state index contributed by atoms with van der Waals surface area (Å²) in [5, 5.41) is 13.6. The average molecular weight is 345 g/mol. The number of nitrogens with zero attached hydrogens (tertiary/aromatic N) is 4. The topological polar surface area (TPSA) is 106 Å². The lowest BCUT2D eigenvalue weighted by Crippen LogP contribution is -2.28. The molecule has 25 heavy (non-hydrogen) atoms. The van der Waals surface area contributed by atoms with Crippen molar-refractivity contribution in [2.45, 2.75) is 24.8 Å². The molecule has 1 aliphatic rings. The Morgan fingerprint density at radius 1 is 1.40 bits per heavy atom. The zero-order chi connectivity index (χ0) is 18.0. The highest BCUT2D eigenvalue weighted by atomic mass is 16.5. The van der Waals surface area contributed by atoms with E-state index in [1.807, 2.05) is 38.4 Å². The average Bonchev–Trinajstić information content (AvgIpc) is 2.94. The molecule has 2 atom stereocenters. The van der Waals surface area contributed by atoms with Crippen LogP contribution in [-0.4, -0.2) is 58.0 Å². The molecule has 3 rings (SSSR count). The van der Waals surface area contributed by atoms with E-state index in [9.17, 15) is 9.90 Å². The Morgan fingerprint density at radius 3 is 2.76 bits per heavy atom. The van der Waals surface area contributed by atoms with Gasteiger partial charge in [-0.05, 0) is 38.2 Å². The fourth-order valence-electron chi connectivity index (χ4n) is 3.07. The largest absolute Gasteiger partial charge is 0.492 e. The minimum atomic E-state index is -0.901. The Balaban J connectivity index is 1.73. The number of nitrogens with two attached hydrogens (primary N) is 1. The maximum absolute atomic E-state index is 11.6. The van der Waals surface area contributed by atoms with Crippen LogP contribution in [-0.2, 0) is 11.3 Å². The van der Waals surface area contributed by atoms with Crippen molar-refractivity contribution in [1.29, 1.82) is 0 Å². The van der Waals surface area contributed by atoms with Gasteiger partial charge in [-0.1, -0.05) is 12.1 Å². The highest BCUT2D eigenvalue weighted by Crippen LogP contribution is 2.36. The van der Waals surface area contributed by atoms with E-state index in [1.54, 1.807) is 4.68 Å². The number of aromatic nitrogens is 3. The van der Waals surface area contributed by atoms with Gasteiger partial charge in [0.2, 0.25) is 5.95 Å². The molecule has 0 aliphatic carbocycles. The number of ether oxygens (including phenoxy) is 1. The van der Waals surface area contributed by atoms with Crippen LogP contribution in [0.25, 0.3) is 0 Å². The lowest BCUT2D eigenvalue weighted by Gasteiger charge is -2.27. The molecule has 0 bridgehead atoms. The number of rotatable bonds is 6. The molecule has 0 saturated carbocycles. The molecule has 2 heterocycles. The van der Waals surface area contributed by atoms with Crippen LogP contribution in [0.15, 0.2) is 24.3 Å². The Hall–Kier alpha value is -2.61. The molecule has 2 aromatic rings. The molecule has 0 amide bonds. The number of carboxylic acids is 1. The standard InChI is InChI=1S/C17H23N5O3/c1-21(2)7-8-25-13-5-3-11(4-6-13)12-9-14(16(23)24)15-19-17(18)20-22(15)10-12/h3-6,12,14H,7-10H2,1-2H3,(H2,18,20)(H,23,24). The Labute approximate surface area is 146 Å². The first-order chi connectivity index (χ1) is 11.9. The van der Waals surface area contributed by atoms with Gasteiger partial charge in [-0.3, -0.25) is 4.79 Å². The molecule has 0 saturated heterocycles. The van der Waals surface area contributed by atoms with Gasteiger partial charge in [0.25, 0.3) is 0 Å². The van der Waals surface area contributed by atoms with Crippen LogP contribution in [0.2, 0.25) is 0 Å². The number of carbonyl (C=O) groups is 1. The summed E-state index contributed by atoms with van der Waals surface area (Å²) in [5.41, 5.74) is 6.70. The third kappa shape index (κ3) is 3.90. The van der Waals surface area contributed by atoms with E-state index >= 15 is 0 Å². The summed E-state index contributed by atoms with van der Waals surface area (Å²) >= 11 is 0.